The van der Waals surface area contributed by atoms with E-state index in [9.17, 15) is 10.5 Å². The molecule has 2 aromatic carbocycles. The van der Waals surface area contributed by atoms with Crippen LogP contribution in [-0.4, -0.2) is 8.32 Å². The van der Waals surface area contributed by atoms with Crippen LogP contribution in [0.4, 0.5) is 0 Å². The Bertz CT molecular complexity index is 841. The van der Waals surface area contributed by atoms with Gasteiger partial charge in [-0.2, -0.15) is 10.5 Å². The van der Waals surface area contributed by atoms with Gasteiger partial charge in [0, 0.05) is 6.42 Å². The quantitative estimate of drug-likeness (QED) is 0.656. The van der Waals surface area contributed by atoms with Crippen LogP contribution in [0.15, 0.2) is 54.6 Å². The summed E-state index contributed by atoms with van der Waals surface area (Å²) in [5.41, 5.74) is 1.20. The highest BCUT2D eigenvalue weighted by molar-refractivity contribution is 6.74. The largest absolute Gasteiger partial charge is 0.395 e. The molecule has 0 spiro atoms. The second-order valence-electron chi connectivity index (χ2n) is 8.16. The van der Waals surface area contributed by atoms with Gasteiger partial charge < -0.3 is 4.43 Å². The summed E-state index contributed by atoms with van der Waals surface area (Å²) in [5, 5.41) is 19.5. The summed E-state index contributed by atoms with van der Waals surface area (Å²) in [6.45, 7) is 10.8. The number of hydrogen-bond donors (Lipinski definition) is 0. The number of hydrogen-bond acceptors (Lipinski definition) is 3. The first-order valence-electron chi connectivity index (χ1n) is 8.79. The van der Waals surface area contributed by atoms with Crippen molar-refractivity contribution in [2.24, 2.45) is 0 Å². The lowest BCUT2D eigenvalue weighted by Crippen LogP contribution is -2.49. The van der Waals surface area contributed by atoms with E-state index in [2.05, 4.69) is 46.0 Å². The van der Waals surface area contributed by atoms with Crippen molar-refractivity contribution in [1.29, 1.82) is 10.5 Å². The SMILES string of the molecule is CC(C)(C)[Si](C)(C)OC(C#N)(Cc1ccccc1)c1cccc(C#N)c1. The molecular formula is C22H26N2OSi. The van der Waals surface area contributed by atoms with E-state index in [1.807, 2.05) is 42.5 Å². The van der Waals surface area contributed by atoms with Crippen molar-refractivity contribution in [2.45, 2.75) is 50.9 Å². The topological polar surface area (TPSA) is 56.8 Å². The lowest BCUT2D eigenvalue weighted by molar-refractivity contribution is 0.109. The summed E-state index contributed by atoms with van der Waals surface area (Å²) < 4.78 is 6.70. The Morgan fingerprint density at radius 1 is 0.962 bits per heavy atom. The van der Waals surface area contributed by atoms with E-state index in [1.165, 1.54) is 0 Å². The summed E-state index contributed by atoms with van der Waals surface area (Å²) in [4.78, 5) is 0. The highest BCUT2D eigenvalue weighted by Gasteiger charge is 2.46. The van der Waals surface area contributed by atoms with Gasteiger partial charge in [0.2, 0.25) is 0 Å². The average molecular weight is 363 g/mol. The molecule has 3 nitrogen and oxygen atoms in total. The number of rotatable bonds is 5. The first-order chi connectivity index (χ1) is 12.1. The fraction of sp³-hybridized carbons (Fsp3) is 0.364. The molecule has 0 aliphatic heterocycles. The van der Waals surface area contributed by atoms with E-state index >= 15 is 0 Å². The Kier molecular flexibility index (Phi) is 5.71. The van der Waals surface area contributed by atoms with Gasteiger partial charge in [0.1, 0.15) is 6.07 Å². The van der Waals surface area contributed by atoms with Crippen molar-refractivity contribution in [3.05, 3.63) is 71.3 Å². The van der Waals surface area contributed by atoms with Crippen molar-refractivity contribution in [3.63, 3.8) is 0 Å². The molecule has 0 heterocycles. The third kappa shape index (κ3) is 4.22. The molecule has 4 heteroatoms. The third-order valence-corrected chi connectivity index (χ3v) is 9.64. The smallest absolute Gasteiger partial charge is 0.194 e. The minimum Gasteiger partial charge on any atom is -0.395 e. The van der Waals surface area contributed by atoms with Crippen LogP contribution in [0.5, 0.6) is 0 Å². The van der Waals surface area contributed by atoms with Gasteiger partial charge in [-0.1, -0.05) is 63.2 Å². The van der Waals surface area contributed by atoms with Gasteiger partial charge >= 0.3 is 0 Å². The maximum atomic E-state index is 10.2. The van der Waals surface area contributed by atoms with E-state index in [0.717, 1.165) is 11.1 Å². The molecule has 0 aliphatic rings. The standard InChI is InChI=1S/C22H26N2OSi/c1-21(2,3)26(4,5)25-22(17-24,15-18-10-7-6-8-11-18)20-13-9-12-19(14-20)16-23/h6-14H,15H2,1-5H3. The van der Waals surface area contributed by atoms with Gasteiger partial charge in [-0.15, -0.1) is 0 Å². The zero-order valence-corrected chi connectivity index (χ0v) is 17.2. The van der Waals surface area contributed by atoms with Crippen LogP contribution in [0.25, 0.3) is 0 Å². The predicted molar refractivity (Wildman–Crippen MR) is 107 cm³/mol. The van der Waals surface area contributed by atoms with Crippen molar-refractivity contribution >= 4 is 8.32 Å². The molecule has 0 saturated carbocycles. The highest BCUT2D eigenvalue weighted by Crippen LogP contribution is 2.43. The van der Waals surface area contributed by atoms with Crippen LogP contribution in [0.1, 0.15) is 37.5 Å². The first-order valence-corrected chi connectivity index (χ1v) is 11.7. The molecule has 0 saturated heterocycles. The molecule has 2 aromatic rings. The summed E-state index contributed by atoms with van der Waals surface area (Å²) in [6, 6.07) is 21.8. The Morgan fingerprint density at radius 3 is 2.15 bits per heavy atom. The van der Waals surface area contributed by atoms with Crippen LogP contribution in [0.3, 0.4) is 0 Å². The average Bonchev–Trinajstić information content (AvgIpc) is 2.61. The number of benzene rings is 2. The highest BCUT2D eigenvalue weighted by atomic mass is 28.4. The van der Waals surface area contributed by atoms with E-state index in [1.54, 1.807) is 12.1 Å². The van der Waals surface area contributed by atoms with E-state index in [0.29, 0.717) is 12.0 Å². The lowest BCUT2D eigenvalue weighted by atomic mass is 9.88. The van der Waals surface area contributed by atoms with Gasteiger partial charge in [-0.3, -0.25) is 0 Å². The summed E-state index contributed by atoms with van der Waals surface area (Å²) >= 11 is 0. The Labute approximate surface area is 158 Å². The number of nitriles is 2. The Balaban J connectivity index is 2.59. The molecule has 0 fully saturated rings. The second-order valence-corrected chi connectivity index (χ2v) is 12.9. The molecule has 0 aliphatic carbocycles. The molecule has 2 rings (SSSR count). The van der Waals surface area contributed by atoms with Crippen molar-refractivity contribution < 1.29 is 4.43 Å². The van der Waals surface area contributed by atoms with Gasteiger partial charge in [0.25, 0.3) is 0 Å². The molecule has 1 unspecified atom stereocenters. The maximum Gasteiger partial charge on any atom is 0.194 e. The third-order valence-electron chi connectivity index (χ3n) is 5.17. The van der Waals surface area contributed by atoms with Gasteiger partial charge in [0.05, 0.1) is 11.6 Å². The Hall–Kier alpha value is -2.40. The lowest BCUT2D eigenvalue weighted by Gasteiger charge is -2.43. The molecule has 0 radical (unpaired) electrons. The van der Waals surface area contributed by atoms with Crippen LogP contribution in [0.2, 0.25) is 18.1 Å². The van der Waals surface area contributed by atoms with Gasteiger partial charge in [-0.25, -0.2) is 0 Å². The zero-order chi connectivity index (χ0) is 19.4. The zero-order valence-electron chi connectivity index (χ0n) is 16.2. The molecule has 0 amide bonds. The molecule has 0 bridgehead atoms. The number of nitrogens with zero attached hydrogens (tertiary/aromatic N) is 2. The summed E-state index contributed by atoms with van der Waals surface area (Å²) in [6.07, 6.45) is 0.450. The van der Waals surface area contributed by atoms with Crippen molar-refractivity contribution in [2.75, 3.05) is 0 Å². The fourth-order valence-electron chi connectivity index (χ4n) is 2.64. The molecular weight excluding hydrogens is 336 g/mol. The molecule has 0 aromatic heterocycles. The second kappa shape index (κ2) is 7.46. The van der Waals surface area contributed by atoms with Gasteiger partial charge in [0.15, 0.2) is 13.9 Å². The van der Waals surface area contributed by atoms with Gasteiger partial charge in [-0.05, 0) is 41.4 Å². The Morgan fingerprint density at radius 2 is 1.62 bits per heavy atom. The van der Waals surface area contributed by atoms with Crippen LogP contribution >= 0.6 is 0 Å². The molecule has 0 N–H and O–H groups in total. The monoisotopic (exact) mass is 362 g/mol. The maximum absolute atomic E-state index is 10.2. The summed E-state index contributed by atoms with van der Waals surface area (Å²) in [5.74, 6) is 0. The van der Waals surface area contributed by atoms with Crippen LogP contribution in [0, 0.1) is 22.7 Å². The molecule has 26 heavy (non-hydrogen) atoms. The minimum atomic E-state index is -2.23. The minimum absolute atomic E-state index is 0.0291. The molecule has 1 atom stereocenters. The first kappa shape index (κ1) is 19.9. The van der Waals surface area contributed by atoms with E-state index in [4.69, 9.17) is 4.43 Å². The van der Waals surface area contributed by atoms with Crippen LogP contribution < -0.4 is 0 Å². The van der Waals surface area contributed by atoms with Crippen molar-refractivity contribution in [3.8, 4) is 12.1 Å². The molecule has 134 valence electrons. The van der Waals surface area contributed by atoms with E-state index in [-0.39, 0.29) is 5.04 Å². The normalized spacial score (nSPS) is 14.1. The van der Waals surface area contributed by atoms with Crippen LogP contribution in [-0.2, 0) is 16.4 Å². The summed E-state index contributed by atoms with van der Waals surface area (Å²) in [7, 11) is -2.23. The van der Waals surface area contributed by atoms with E-state index < -0.39 is 13.9 Å². The fourth-order valence-corrected chi connectivity index (χ4v) is 4.05. The van der Waals surface area contributed by atoms with Crippen molar-refractivity contribution in [1.82, 2.24) is 0 Å². The predicted octanol–water partition coefficient (Wildman–Crippen LogP) is 5.54.